The van der Waals surface area contributed by atoms with Gasteiger partial charge in [-0.05, 0) is 6.20 Å². The van der Waals surface area contributed by atoms with Gasteiger partial charge in [-0.2, -0.15) is 0 Å². The minimum atomic E-state index is -0.264. The van der Waals surface area contributed by atoms with E-state index in [1.165, 1.54) is 12.3 Å². The van der Waals surface area contributed by atoms with Crippen molar-refractivity contribution in [3.05, 3.63) is 37.6 Å². The Morgan fingerprint density at radius 3 is 2.33 bits per heavy atom. The molecule has 0 radical (unpaired) electrons. The van der Waals surface area contributed by atoms with Gasteiger partial charge >= 0.3 is 0 Å². The van der Waals surface area contributed by atoms with Crippen molar-refractivity contribution in [2.24, 2.45) is 0 Å². The molecular formula is C7H9NO. The van der Waals surface area contributed by atoms with Crippen LogP contribution in [0.5, 0.6) is 0 Å². The van der Waals surface area contributed by atoms with E-state index in [2.05, 4.69) is 25.1 Å². The molecule has 0 aromatic heterocycles. The molecule has 0 saturated carbocycles. The molecule has 0 aliphatic heterocycles. The molecule has 1 N–H and O–H groups in total. The van der Waals surface area contributed by atoms with Crippen LogP contribution in [0.25, 0.3) is 0 Å². The third-order valence-corrected chi connectivity index (χ3v) is 0.771. The van der Waals surface area contributed by atoms with E-state index >= 15 is 0 Å². The molecule has 9 heavy (non-hydrogen) atoms. The zero-order chi connectivity index (χ0) is 7.28. The summed E-state index contributed by atoms with van der Waals surface area (Å²) in [7, 11) is 0. The first-order valence-corrected chi connectivity index (χ1v) is 2.45. The Bertz CT molecular complexity index is 158. The first-order chi connectivity index (χ1) is 4.22. The van der Waals surface area contributed by atoms with E-state index in [0.29, 0.717) is 5.57 Å². The summed E-state index contributed by atoms with van der Waals surface area (Å²) in [5, 5.41) is 2.35. The summed E-state index contributed by atoms with van der Waals surface area (Å²) in [4.78, 5) is 10.6. The fourth-order valence-electron chi connectivity index (χ4n) is 0.278. The average molecular weight is 123 g/mol. The molecule has 0 heterocycles. The predicted octanol–water partition coefficient (Wildman–Crippen LogP) is 0.988. The quantitative estimate of drug-likeness (QED) is 0.440. The van der Waals surface area contributed by atoms with Gasteiger partial charge in [0.15, 0.2) is 0 Å². The molecular weight excluding hydrogens is 114 g/mol. The van der Waals surface area contributed by atoms with E-state index in [9.17, 15) is 4.79 Å². The molecule has 0 aliphatic carbocycles. The fraction of sp³-hybridized carbons (Fsp3) is 0. The molecule has 48 valence electrons. The second-order valence-corrected chi connectivity index (χ2v) is 1.41. The van der Waals surface area contributed by atoms with Gasteiger partial charge in [-0.25, -0.2) is 0 Å². The molecule has 0 fully saturated rings. The van der Waals surface area contributed by atoms with Gasteiger partial charge in [0.05, 0.1) is 0 Å². The molecule has 0 aromatic carbocycles. The van der Waals surface area contributed by atoms with Crippen LogP contribution < -0.4 is 5.32 Å². The van der Waals surface area contributed by atoms with Crippen molar-refractivity contribution in [1.29, 1.82) is 0 Å². The van der Waals surface area contributed by atoms with Gasteiger partial charge < -0.3 is 5.32 Å². The second kappa shape index (κ2) is 3.66. The number of hydrogen-bond acceptors (Lipinski definition) is 1. The van der Waals surface area contributed by atoms with Gasteiger partial charge in [-0.1, -0.05) is 25.8 Å². The van der Waals surface area contributed by atoms with Crippen molar-refractivity contribution in [3.63, 3.8) is 0 Å². The first kappa shape index (κ1) is 7.69. The Kier molecular flexibility index (Phi) is 3.13. The van der Waals surface area contributed by atoms with Crippen molar-refractivity contribution in [2.45, 2.75) is 0 Å². The summed E-state index contributed by atoms with van der Waals surface area (Å²) in [6.45, 7) is 10.1. The second-order valence-electron chi connectivity index (χ2n) is 1.41. The van der Waals surface area contributed by atoms with Crippen LogP contribution >= 0.6 is 0 Å². The largest absolute Gasteiger partial charge is 0.329 e. The molecule has 0 spiro atoms. The first-order valence-electron chi connectivity index (χ1n) is 2.45. The Balaban J connectivity index is 3.87. The van der Waals surface area contributed by atoms with Crippen LogP contribution in [0.15, 0.2) is 37.6 Å². The third kappa shape index (κ3) is 2.49. The number of nitrogens with one attached hydrogen (secondary N) is 1. The van der Waals surface area contributed by atoms with E-state index in [0.717, 1.165) is 0 Å². The van der Waals surface area contributed by atoms with E-state index in [1.54, 1.807) is 0 Å². The number of rotatable bonds is 3. The lowest BCUT2D eigenvalue weighted by Crippen LogP contribution is -2.16. The molecule has 2 heteroatoms. The normalized spacial score (nSPS) is 7.56. The predicted molar refractivity (Wildman–Crippen MR) is 37.7 cm³/mol. The third-order valence-electron chi connectivity index (χ3n) is 0.771. The zero-order valence-electron chi connectivity index (χ0n) is 5.18. The molecule has 2 nitrogen and oxygen atoms in total. The highest BCUT2D eigenvalue weighted by molar-refractivity contribution is 5.95. The van der Waals surface area contributed by atoms with E-state index in [1.807, 2.05) is 0 Å². The molecule has 0 bridgehead atoms. The Morgan fingerprint density at radius 2 is 2.00 bits per heavy atom. The van der Waals surface area contributed by atoms with Gasteiger partial charge in [0.2, 0.25) is 0 Å². The Morgan fingerprint density at radius 1 is 1.44 bits per heavy atom. The maximum Gasteiger partial charge on any atom is 0.254 e. The smallest absolute Gasteiger partial charge is 0.254 e. The highest BCUT2D eigenvalue weighted by Gasteiger charge is 1.96. The number of carbonyl (C=O) groups excluding carboxylic acids is 1. The highest BCUT2D eigenvalue weighted by Crippen LogP contribution is 1.88. The minimum absolute atomic E-state index is 0.264. The molecule has 0 saturated heterocycles. The van der Waals surface area contributed by atoms with Gasteiger partial charge in [0.25, 0.3) is 5.91 Å². The van der Waals surface area contributed by atoms with Crippen molar-refractivity contribution in [3.8, 4) is 0 Å². The van der Waals surface area contributed by atoms with Crippen molar-refractivity contribution >= 4 is 5.91 Å². The lowest BCUT2D eigenvalue weighted by Gasteiger charge is -1.94. The average Bonchev–Trinajstić information content (AvgIpc) is 1.87. The van der Waals surface area contributed by atoms with Crippen molar-refractivity contribution < 1.29 is 4.79 Å². The van der Waals surface area contributed by atoms with Crippen molar-refractivity contribution in [2.75, 3.05) is 0 Å². The van der Waals surface area contributed by atoms with E-state index in [-0.39, 0.29) is 5.91 Å². The number of hydrogen-bond donors (Lipinski definition) is 1. The van der Waals surface area contributed by atoms with Gasteiger partial charge in [-0.15, -0.1) is 0 Å². The molecule has 0 unspecified atom stereocenters. The Hall–Kier alpha value is -1.31. The molecule has 0 atom stereocenters. The SMILES string of the molecule is C=CNC(=O)C(=C)C=C. The van der Waals surface area contributed by atoms with Gasteiger partial charge in [0.1, 0.15) is 0 Å². The van der Waals surface area contributed by atoms with Crippen LogP contribution in [-0.4, -0.2) is 5.91 Å². The van der Waals surface area contributed by atoms with Crippen LogP contribution in [0.2, 0.25) is 0 Å². The van der Waals surface area contributed by atoms with Crippen LogP contribution in [-0.2, 0) is 4.79 Å². The number of carbonyl (C=O) groups is 1. The molecule has 1 amide bonds. The van der Waals surface area contributed by atoms with Crippen molar-refractivity contribution in [1.82, 2.24) is 5.32 Å². The van der Waals surface area contributed by atoms with Gasteiger partial charge in [-0.3, -0.25) is 4.79 Å². The zero-order valence-corrected chi connectivity index (χ0v) is 5.18. The molecule has 0 aromatic rings. The summed E-state index contributed by atoms with van der Waals surface area (Å²) in [5.74, 6) is -0.264. The summed E-state index contributed by atoms with van der Waals surface area (Å²) in [5.41, 5.74) is 0.343. The van der Waals surface area contributed by atoms with Gasteiger partial charge in [0, 0.05) is 5.57 Å². The summed E-state index contributed by atoms with van der Waals surface area (Å²) >= 11 is 0. The maximum atomic E-state index is 10.6. The number of amides is 1. The standard InChI is InChI=1S/C7H9NO/c1-4-6(3)7(9)8-5-2/h4-5H,1-3H2,(H,8,9). The summed E-state index contributed by atoms with van der Waals surface area (Å²) < 4.78 is 0. The lowest BCUT2D eigenvalue weighted by atomic mass is 10.3. The fourth-order valence-corrected chi connectivity index (χ4v) is 0.278. The maximum absolute atomic E-state index is 10.6. The van der Waals surface area contributed by atoms with Crippen LogP contribution in [0.1, 0.15) is 0 Å². The molecule has 0 rings (SSSR count). The summed E-state index contributed by atoms with van der Waals surface area (Å²) in [6.07, 6.45) is 2.69. The van der Waals surface area contributed by atoms with Crippen LogP contribution in [0.4, 0.5) is 0 Å². The lowest BCUT2D eigenvalue weighted by molar-refractivity contribution is -0.116. The van der Waals surface area contributed by atoms with Crippen LogP contribution in [0, 0.1) is 0 Å². The molecule has 0 aliphatic rings. The Labute approximate surface area is 54.6 Å². The monoisotopic (exact) mass is 123 g/mol. The van der Waals surface area contributed by atoms with E-state index in [4.69, 9.17) is 0 Å². The summed E-state index contributed by atoms with van der Waals surface area (Å²) in [6, 6.07) is 0. The topological polar surface area (TPSA) is 29.1 Å². The highest BCUT2D eigenvalue weighted by atomic mass is 16.1. The minimum Gasteiger partial charge on any atom is -0.329 e. The van der Waals surface area contributed by atoms with Crippen LogP contribution in [0.3, 0.4) is 0 Å². The van der Waals surface area contributed by atoms with E-state index < -0.39 is 0 Å².